The molecule has 0 aliphatic rings. The van der Waals surface area contributed by atoms with Crippen LogP contribution in [0.15, 0.2) is 70.2 Å². The van der Waals surface area contributed by atoms with Crippen LogP contribution in [0.25, 0.3) is 0 Å². The first-order valence-corrected chi connectivity index (χ1v) is 11.4. The molecular formula is C23H26N2O5S. The molecule has 0 bridgehead atoms. The predicted octanol–water partition coefficient (Wildman–Crippen LogP) is 4.21. The fourth-order valence-electron chi connectivity index (χ4n) is 3.14. The summed E-state index contributed by atoms with van der Waals surface area (Å²) in [5.74, 6) is 1.13. The Kier molecular flexibility index (Phi) is 7.14. The van der Waals surface area contributed by atoms with Crippen LogP contribution in [-0.2, 0) is 21.4 Å². The van der Waals surface area contributed by atoms with Gasteiger partial charge >= 0.3 is 0 Å². The van der Waals surface area contributed by atoms with Crippen molar-refractivity contribution in [1.82, 2.24) is 4.72 Å². The van der Waals surface area contributed by atoms with Crippen molar-refractivity contribution in [3.63, 3.8) is 0 Å². The molecule has 0 unspecified atom stereocenters. The summed E-state index contributed by atoms with van der Waals surface area (Å²) in [6.45, 7) is 6.10. The summed E-state index contributed by atoms with van der Waals surface area (Å²) in [4.78, 5) is 12.3. The van der Waals surface area contributed by atoms with E-state index in [1.165, 1.54) is 24.0 Å². The Labute approximate surface area is 182 Å². The second kappa shape index (κ2) is 9.80. The van der Waals surface area contributed by atoms with Crippen molar-refractivity contribution in [2.24, 2.45) is 0 Å². The highest BCUT2D eigenvalue weighted by Crippen LogP contribution is 2.23. The molecule has 0 fully saturated rings. The fraction of sp³-hybridized carbons (Fsp3) is 0.261. The first-order valence-electron chi connectivity index (χ1n) is 9.90. The Morgan fingerprint density at radius 1 is 1.10 bits per heavy atom. The summed E-state index contributed by atoms with van der Waals surface area (Å²) in [6, 6.07) is 15.1. The molecule has 1 heterocycles. The topological polar surface area (TPSA) is 97.6 Å². The summed E-state index contributed by atoms with van der Waals surface area (Å²) in [5, 5.41) is 2.66. The lowest BCUT2D eigenvalue weighted by molar-refractivity contribution is -0.118. The number of furan rings is 1. The third kappa shape index (κ3) is 6.19. The van der Waals surface area contributed by atoms with Gasteiger partial charge in [0.15, 0.2) is 6.61 Å². The fourth-order valence-corrected chi connectivity index (χ4v) is 4.17. The minimum Gasteiger partial charge on any atom is -0.484 e. The van der Waals surface area contributed by atoms with Crippen LogP contribution in [0, 0.1) is 6.92 Å². The molecule has 0 aliphatic carbocycles. The SMILES string of the molecule is Cc1cc(OCC(=O)Nc2cccc(S(=O)(=O)NCc3ccco3)c2)ccc1C(C)C. The van der Waals surface area contributed by atoms with Gasteiger partial charge in [0, 0.05) is 5.69 Å². The number of hydrogen-bond acceptors (Lipinski definition) is 5. The Balaban J connectivity index is 1.58. The Morgan fingerprint density at radius 2 is 1.90 bits per heavy atom. The van der Waals surface area contributed by atoms with Crippen LogP contribution in [0.4, 0.5) is 5.69 Å². The first-order chi connectivity index (χ1) is 14.7. The van der Waals surface area contributed by atoms with Crippen LogP contribution in [-0.4, -0.2) is 20.9 Å². The zero-order valence-electron chi connectivity index (χ0n) is 17.7. The molecule has 0 spiro atoms. The van der Waals surface area contributed by atoms with E-state index in [1.54, 1.807) is 24.3 Å². The van der Waals surface area contributed by atoms with Gasteiger partial charge in [-0.05, 0) is 66.4 Å². The van der Waals surface area contributed by atoms with Gasteiger partial charge in [0.1, 0.15) is 11.5 Å². The molecule has 2 aromatic carbocycles. The van der Waals surface area contributed by atoms with Gasteiger partial charge in [-0.15, -0.1) is 0 Å². The van der Waals surface area contributed by atoms with E-state index < -0.39 is 10.0 Å². The number of nitrogens with one attached hydrogen (secondary N) is 2. The maximum absolute atomic E-state index is 12.5. The second-order valence-electron chi connectivity index (χ2n) is 7.44. The average Bonchev–Trinajstić information content (AvgIpc) is 3.25. The number of rotatable bonds is 9. The molecule has 8 heteroatoms. The number of amides is 1. The Bertz CT molecular complexity index is 1140. The van der Waals surface area contributed by atoms with Gasteiger partial charge in [-0.1, -0.05) is 26.0 Å². The van der Waals surface area contributed by atoms with E-state index in [4.69, 9.17) is 9.15 Å². The summed E-state index contributed by atoms with van der Waals surface area (Å²) in [5.41, 5.74) is 2.70. The minimum absolute atomic E-state index is 0.0365. The monoisotopic (exact) mass is 442 g/mol. The van der Waals surface area contributed by atoms with Crippen molar-refractivity contribution in [1.29, 1.82) is 0 Å². The second-order valence-corrected chi connectivity index (χ2v) is 9.21. The first kappa shape index (κ1) is 22.6. The van der Waals surface area contributed by atoms with Crippen molar-refractivity contribution in [2.75, 3.05) is 11.9 Å². The van der Waals surface area contributed by atoms with E-state index in [2.05, 4.69) is 23.9 Å². The molecule has 0 saturated heterocycles. The molecule has 164 valence electrons. The van der Waals surface area contributed by atoms with Crippen LogP contribution in [0.2, 0.25) is 0 Å². The molecule has 3 rings (SSSR count). The van der Waals surface area contributed by atoms with Crippen molar-refractivity contribution >= 4 is 21.6 Å². The van der Waals surface area contributed by atoms with Gasteiger partial charge in [0.2, 0.25) is 10.0 Å². The quantitative estimate of drug-likeness (QED) is 0.517. The Morgan fingerprint density at radius 3 is 2.58 bits per heavy atom. The van der Waals surface area contributed by atoms with Gasteiger partial charge < -0.3 is 14.5 Å². The third-order valence-electron chi connectivity index (χ3n) is 4.68. The highest BCUT2D eigenvalue weighted by molar-refractivity contribution is 7.89. The molecule has 31 heavy (non-hydrogen) atoms. The van der Waals surface area contributed by atoms with Gasteiger partial charge in [-0.25, -0.2) is 13.1 Å². The van der Waals surface area contributed by atoms with Gasteiger partial charge in [-0.3, -0.25) is 4.79 Å². The van der Waals surface area contributed by atoms with E-state index in [0.717, 1.165) is 5.56 Å². The van der Waals surface area contributed by atoms with E-state index in [0.29, 0.717) is 23.1 Å². The van der Waals surface area contributed by atoms with Crippen molar-refractivity contribution in [3.8, 4) is 5.75 Å². The van der Waals surface area contributed by atoms with Crippen LogP contribution in [0.1, 0.15) is 36.7 Å². The molecule has 2 N–H and O–H groups in total. The highest BCUT2D eigenvalue weighted by Gasteiger charge is 2.15. The zero-order valence-corrected chi connectivity index (χ0v) is 18.5. The third-order valence-corrected chi connectivity index (χ3v) is 6.08. The molecule has 0 aliphatic heterocycles. The summed E-state index contributed by atoms with van der Waals surface area (Å²) >= 11 is 0. The molecule has 0 radical (unpaired) electrons. The van der Waals surface area contributed by atoms with Crippen molar-refractivity contribution in [3.05, 3.63) is 77.7 Å². The maximum atomic E-state index is 12.5. The lowest BCUT2D eigenvalue weighted by Crippen LogP contribution is -2.24. The zero-order chi connectivity index (χ0) is 22.4. The molecular weight excluding hydrogens is 416 g/mol. The number of carbonyl (C=O) groups is 1. The van der Waals surface area contributed by atoms with Crippen LogP contribution in [0.5, 0.6) is 5.75 Å². The molecule has 0 atom stereocenters. The number of aryl methyl sites for hydroxylation is 1. The lowest BCUT2D eigenvalue weighted by atomic mass is 9.98. The Hall–Kier alpha value is -3.10. The molecule has 7 nitrogen and oxygen atoms in total. The number of ether oxygens (including phenoxy) is 1. The number of hydrogen-bond donors (Lipinski definition) is 2. The van der Waals surface area contributed by atoms with E-state index in [-0.39, 0.29) is 24.0 Å². The van der Waals surface area contributed by atoms with Crippen LogP contribution in [0.3, 0.4) is 0 Å². The number of sulfonamides is 1. The van der Waals surface area contributed by atoms with Gasteiger partial charge in [-0.2, -0.15) is 0 Å². The van der Waals surface area contributed by atoms with E-state index >= 15 is 0 Å². The molecule has 3 aromatic rings. The van der Waals surface area contributed by atoms with Crippen LogP contribution >= 0.6 is 0 Å². The summed E-state index contributed by atoms with van der Waals surface area (Å²) in [6.07, 6.45) is 1.47. The van der Waals surface area contributed by atoms with Gasteiger partial charge in [0.25, 0.3) is 5.91 Å². The average molecular weight is 443 g/mol. The summed E-state index contributed by atoms with van der Waals surface area (Å²) < 4.78 is 38.2. The maximum Gasteiger partial charge on any atom is 0.262 e. The number of carbonyl (C=O) groups excluding carboxylic acids is 1. The van der Waals surface area contributed by atoms with Gasteiger partial charge in [0.05, 0.1) is 17.7 Å². The predicted molar refractivity (Wildman–Crippen MR) is 119 cm³/mol. The largest absolute Gasteiger partial charge is 0.484 e. The lowest BCUT2D eigenvalue weighted by Gasteiger charge is -2.13. The van der Waals surface area contributed by atoms with Crippen LogP contribution < -0.4 is 14.8 Å². The standard InChI is InChI=1S/C23H26N2O5S/c1-16(2)22-10-9-19(12-17(22)3)30-15-23(26)25-18-6-4-8-21(13-18)31(27,28)24-14-20-7-5-11-29-20/h4-13,16,24H,14-15H2,1-3H3,(H,25,26). The normalized spacial score (nSPS) is 11.5. The molecule has 1 amide bonds. The number of anilines is 1. The van der Waals surface area contributed by atoms with E-state index in [1.807, 2.05) is 25.1 Å². The smallest absolute Gasteiger partial charge is 0.262 e. The van der Waals surface area contributed by atoms with Crippen molar-refractivity contribution < 1.29 is 22.4 Å². The van der Waals surface area contributed by atoms with Crippen molar-refractivity contribution in [2.45, 2.75) is 38.1 Å². The molecule has 0 saturated carbocycles. The van der Waals surface area contributed by atoms with E-state index in [9.17, 15) is 13.2 Å². The minimum atomic E-state index is -3.76. The number of benzene rings is 2. The summed E-state index contributed by atoms with van der Waals surface area (Å²) in [7, 11) is -3.76. The molecule has 1 aromatic heterocycles. The highest BCUT2D eigenvalue weighted by atomic mass is 32.2.